The van der Waals surface area contributed by atoms with E-state index in [-0.39, 0.29) is 6.04 Å². The highest BCUT2D eigenvalue weighted by molar-refractivity contribution is 5.28. The molecule has 6 heteroatoms. The molecular formula is C13H19N5O. The van der Waals surface area contributed by atoms with Crippen molar-refractivity contribution in [2.75, 3.05) is 0 Å². The van der Waals surface area contributed by atoms with Gasteiger partial charge in [-0.05, 0) is 27.7 Å². The van der Waals surface area contributed by atoms with E-state index in [0.29, 0.717) is 18.3 Å². The standard InChI is InChI=1S/C13H19N5O/c1-5-18-12(10(4)14)16-17-13(18)19-11-6-8(2)15-9(3)7-11/h6-7,10H,5,14H2,1-4H3/t10-/m1/s1. The zero-order valence-corrected chi connectivity index (χ0v) is 11.7. The van der Waals surface area contributed by atoms with Crippen LogP contribution >= 0.6 is 0 Å². The van der Waals surface area contributed by atoms with Gasteiger partial charge in [0.15, 0.2) is 5.82 Å². The van der Waals surface area contributed by atoms with Gasteiger partial charge in [-0.1, -0.05) is 5.10 Å². The third-order valence-corrected chi connectivity index (χ3v) is 2.73. The molecule has 1 atom stereocenters. The number of hydrogen-bond donors (Lipinski definition) is 1. The first-order chi connectivity index (χ1) is 9.01. The van der Waals surface area contributed by atoms with Gasteiger partial charge in [0.25, 0.3) is 0 Å². The molecule has 6 nitrogen and oxygen atoms in total. The van der Waals surface area contributed by atoms with E-state index in [2.05, 4.69) is 15.2 Å². The van der Waals surface area contributed by atoms with Gasteiger partial charge in [0.05, 0.1) is 6.04 Å². The number of nitrogens with two attached hydrogens (primary N) is 1. The van der Waals surface area contributed by atoms with E-state index in [1.807, 2.05) is 44.4 Å². The summed E-state index contributed by atoms with van der Waals surface area (Å²) >= 11 is 0. The highest BCUT2D eigenvalue weighted by atomic mass is 16.5. The topological polar surface area (TPSA) is 78.8 Å². The van der Waals surface area contributed by atoms with Crippen molar-refractivity contribution in [3.8, 4) is 11.8 Å². The number of aryl methyl sites for hydroxylation is 2. The minimum Gasteiger partial charge on any atom is -0.424 e. The molecule has 0 aliphatic heterocycles. The van der Waals surface area contributed by atoms with Crippen LogP contribution in [0.15, 0.2) is 12.1 Å². The van der Waals surface area contributed by atoms with Crippen LogP contribution in [0.5, 0.6) is 11.8 Å². The van der Waals surface area contributed by atoms with Gasteiger partial charge in [0.1, 0.15) is 5.75 Å². The molecule has 0 aliphatic rings. The highest BCUT2D eigenvalue weighted by Crippen LogP contribution is 2.23. The molecule has 2 aromatic rings. The third kappa shape index (κ3) is 2.90. The predicted octanol–water partition coefficient (Wildman–Crippen LogP) is 2.12. The van der Waals surface area contributed by atoms with Crippen LogP contribution in [0.2, 0.25) is 0 Å². The van der Waals surface area contributed by atoms with Crippen LogP contribution in [-0.2, 0) is 6.54 Å². The number of hydrogen-bond acceptors (Lipinski definition) is 5. The van der Waals surface area contributed by atoms with Gasteiger partial charge >= 0.3 is 6.01 Å². The number of rotatable bonds is 4. The predicted molar refractivity (Wildman–Crippen MR) is 72.1 cm³/mol. The molecule has 0 aliphatic carbocycles. The average Bonchev–Trinajstić information content (AvgIpc) is 2.70. The summed E-state index contributed by atoms with van der Waals surface area (Å²) in [5.41, 5.74) is 7.67. The lowest BCUT2D eigenvalue weighted by Crippen LogP contribution is -2.13. The Morgan fingerprint density at radius 2 is 1.89 bits per heavy atom. The molecule has 0 radical (unpaired) electrons. The first-order valence-electron chi connectivity index (χ1n) is 6.33. The molecule has 0 fully saturated rings. The van der Waals surface area contributed by atoms with Crippen molar-refractivity contribution >= 4 is 0 Å². The normalized spacial score (nSPS) is 12.5. The molecular weight excluding hydrogens is 242 g/mol. The second-order valence-corrected chi connectivity index (χ2v) is 4.56. The SMILES string of the molecule is CCn1c(Oc2cc(C)nc(C)c2)nnc1[C@@H](C)N. The van der Waals surface area contributed by atoms with Crippen LogP contribution in [0.4, 0.5) is 0 Å². The maximum Gasteiger partial charge on any atom is 0.322 e. The van der Waals surface area contributed by atoms with E-state index in [9.17, 15) is 0 Å². The number of ether oxygens (including phenoxy) is 1. The van der Waals surface area contributed by atoms with Crippen LogP contribution in [0, 0.1) is 13.8 Å². The highest BCUT2D eigenvalue weighted by Gasteiger charge is 2.15. The van der Waals surface area contributed by atoms with Gasteiger partial charge in [-0.2, -0.15) is 0 Å². The number of nitrogens with zero attached hydrogens (tertiary/aromatic N) is 4. The van der Waals surface area contributed by atoms with Crippen molar-refractivity contribution in [2.24, 2.45) is 5.73 Å². The summed E-state index contributed by atoms with van der Waals surface area (Å²) in [6.45, 7) is 8.45. The number of aromatic nitrogens is 4. The van der Waals surface area contributed by atoms with Gasteiger partial charge < -0.3 is 10.5 Å². The van der Waals surface area contributed by atoms with E-state index >= 15 is 0 Å². The maximum absolute atomic E-state index is 5.86. The molecule has 0 amide bonds. The molecule has 2 heterocycles. The van der Waals surface area contributed by atoms with Gasteiger partial charge in [0.2, 0.25) is 0 Å². The molecule has 102 valence electrons. The largest absolute Gasteiger partial charge is 0.424 e. The fraction of sp³-hybridized carbons (Fsp3) is 0.462. The Morgan fingerprint density at radius 3 is 2.42 bits per heavy atom. The van der Waals surface area contributed by atoms with E-state index in [1.54, 1.807) is 0 Å². The summed E-state index contributed by atoms with van der Waals surface area (Å²) in [6.07, 6.45) is 0. The fourth-order valence-corrected chi connectivity index (χ4v) is 1.97. The third-order valence-electron chi connectivity index (χ3n) is 2.73. The molecule has 0 bridgehead atoms. The second kappa shape index (κ2) is 5.36. The van der Waals surface area contributed by atoms with Crippen LogP contribution in [-0.4, -0.2) is 19.7 Å². The Bertz CT molecular complexity index is 556. The quantitative estimate of drug-likeness (QED) is 0.912. The smallest absolute Gasteiger partial charge is 0.322 e. The van der Waals surface area contributed by atoms with E-state index in [4.69, 9.17) is 10.5 Å². The lowest BCUT2D eigenvalue weighted by molar-refractivity contribution is 0.408. The molecule has 0 unspecified atom stereocenters. The molecule has 0 aromatic carbocycles. The summed E-state index contributed by atoms with van der Waals surface area (Å²) in [5.74, 6) is 1.43. The van der Waals surface area contributed by atoms with Crippen LogP contribution in [0.1, 0.15) is 37.1 Å². The van der Waals surface area contributed by atoms with Gasteiger partial charge in [-0.15, -0.1) is 5.10 Å². The van der Waals surface area contributed by atoms with E-state index in [1.165, 1.54) is 0 Å². The summed E-state index contributed by atoms with van der Waals surface area (Å²) < 4.78 is 7.66. The Kier molecular flexibility index (Phi) is 3.80. The van der Waals surface area contributed by atoms with Crippen molar-refractivity contribution in [2.45, 2.75) is 40.3 Å². The van der Waals surface area contributed by atoms with Gasteiger partial charge in [0, 0.05) is 30.1 Å². The minimum absolute atomic E-state index is 0.175. The minimum atomic E-state index is -0.175. The Labute approximate surface area is 112 Å². The lowest BCUT2D eigenvalue weighted by Gasteiger charge is -2.10. The molecule has 2 aromatic heterocycles. The zero-order valence-electron chi connectivity index (χ0n) is 11.7. The summed E-state index contributed by atoms with van der Waals surface area (Å²) in [5, 5.41) is 8.13. The average molecular weight is 261 g/mol. The van der Waals surface area contributed by atoms with Crippen molar-refractivity contribution < 1.29 is 4.74 Å². The van der Waals surface area contributed by atoms with Crippen LogP contribution < -0.4 is 10.5 Å². The Balaban J connectivity index is 2.33. The van der Waals surface area contributed by atoms with Gasteiger partial charge in [-0.3, -0.25) is 9.55 Å². The number of pyridine rings is 1. The molecule has 19 heavy (non-hydrogen) atoms. The maximum atomic E-state index is 5.86. The first-order valence-corrected chi connectivity index (χ1v) is 6.33. The zero-order chi connectivity index (χ0) is 14.0. The monoisotopic (exact) mass is 261 g/mol. The fourth-order valence-electron chi connectivity index (χ4n) is 1.97. The van der Waals surface area contributed by atoms with E-state index in [0.717, 1.165) is 17.2 Å². The molecule has 0 spiro atoms. The van der Waals surface area contributed by atoms with Crippen LogP contribution in [0.25, 0.3) is 0 Å². The van der Waals surface area contributed by atoms with Crippen LogP contribution in [0.3, 0.4) is 0 Å². The lowest BCUT2D eigenvalue weighted by atomic mass is 10.3. The second-order valence-electron chi connectivity index (χ2n) is 4.56. The van der Waals surface area contributed by atoms with Crippen molar-refractivity contribution in [1.29, 1.82) is 0 Å². The molecule has 0 saturated carbocycles. The Hall–Kier alpha value is -1.95. The summed E-state index contributed by atoms with van der Waals surface area (Å²) in [6, 6.07) is 4.02. The van der Waals surface area contributed by atoms with Crippen molar-refractivity contribution in [3.63, 3.8) is 0 Å². The van der Waals surface area contributed by atoms with Gasteiger partial charge in [-0.25, -0.2) is 0 Å². The molecule has 2 rings (SSSR count). The van der Waals surface area contributed by atoms with Crippen molar-refractivity contribution in [3.05, 3.63) is 29.3 Å². The Morgan fingerprint density at radius 1 is 1.26 bits per heavy atom. The first kappa shape index (κ1) is 13.5. The molecule has 0 saturated heterocycles. The molecule has 2 N–H and O–H groups in total. The summed E-state index contributed by atoms with van der Waals surface area (Å²) in [4.78, 5) is 4.31. The van der Waals surface area contributed by atoms with Crippen molar-refractivity contribution in [1.82, 2.24) is 19.7 Å². The summed E-state index contributed by atoms with van der Waals surface area (Å²) in [7, 11) is 0. The van der Waals surface area contributed by atoms with E-state index < -0.39 is 0 Å².